The van der Waals surface area contributed by atoms with Crippen molar-refractivity contribution in [3.05, 3.63) is 35.4 Å². The first kappa shape index (κ1) is 15.8. The largest absolute Gasteiger partial charge is 0.416 e. The lowest BCUT2D eigenvalue weighted by atomic mass is 10.1. The Morgan fingerprint density at radius 3 is 2.61 bits per heavy atom. The molecular formula is C16H17F3N2O2. The van der Waals surface area contributed by atoms with Crippen molar-refractivity contribution in [1.82, 2.24) is 10.2 Å². The highest BCUT2D eigenvalue weighted by Crippen LogP contribution is 2.33. The van der Waals surface area contributed by atoms with Crippen LogP contribution in [0, 0.1) is 5.92 Å². The van der Waals surface area contributed by atoms with Crippen LogP contribution >= 0.6 is 0 Å². The summed E-state index contributed by atoms with van der Waals surface area (Å²) in [5.74, 6) is -0.242. The van der Waals surface area contributed by atoms with E-state index in [9.17, 15) is 22.8 Å². The number of rotatable bonds is 4. The van der Waals surface area contributed by atoms with Crippen molar-refractivity contribution < 1.29 is 22.8 Å². The molecule has 1 saturated carbocycles. The van der Waals surface area contributed by atoms with E-state index in [4.69, 9.17) is 0 Å². The van der Waals surface area contributed by atoms with E-state index in [1.54, 1.807) is 0 Å². The fourth-order valence-electron chi connectivity index (χ4n) is 2.83. The van der Waals surface area contributed by atoms with Gasteiger partial charge >= 0.3 is 6.18 Å². The number of alkyl halides is 3. The summed E-state index contributed by atoms with van der Waals surface area (Å²) < 4.78 is 39.0. The van der Waals surface area contributed by atoms with Crippen LogP contribution in [0.5, 0.6) is 0 Å². The van der Waals surface area contributed by atoms with Gasteiger partial charge in [-0.2, -0.15) is 13.2 Å². The number of benzene rings is 1. The highest BCUT2D eigenvalue weighted by Gasteiger charge is 2.37. The van der Waals surface area contributed by atoms with Gasteiger partial charge in [0.15, 0.2) is 0 Å². The summed E-state index contributed by atoms with van der Waals surface area (Å²) in [5.41, 5.74) is -0.652. The molecule has 4 nitrogen and oxygen atoms in total. The Kier molecular flexibility index (Phi) is 4.04. The summed E-state index contributed by atoms with van der Waals surface area (Å²) in [6.45, 7) is 0.161. The Bertz CT molecular complexity index is 626. The summed E-state index contributed by atoms with van der Waals surface area (Å²) in [4.78, 5) is 25.1. The van der Waals surface area contributed by atoms with Gasteiger partial charge in [0, 0.05) is 25.4 Å². The van der Waals surface area contributed by atoms with E-state index >= 15 is 0 Å². The van der Waals surface area contributed by atoms with Crippen LogP contribution in [0.1, 0.15) is 30.4 Å². The van der Waals surface area contributed by atoms with E-state index < -0.39 is 11.7 Å². The molecule has 1 aliphatic carbocycles. The molecule has 1 aliphatic heterocycles. The third-order valence-corrected chi connectivity index (χ3v) is 4.19. The highest BCUT2D eigenvalue weighted by molar-refractivity contribution is 5.84. The molecule has 23 heavy (non-hydrogen) atoms. The second-order valence-corrected chi connectivity index (χ2v) is 6.11. The molecule has 1 aromatic carbocycles. The number of nitrogens with one attached hydrogen (secondary N) is 1. The number of halogens is 3. The molecule has 0 unspecified atom stereocenters. The molecule has 2 amide bonds. The minimum absolute atomic E-state index is 0.0464. The fraction of sp³-hybridized carbons (Fsp3) is 0.500. The quantitative estimate of drug-likeness (QED) is 0.923. The van der Waals surface area contributed by atoms with Crippen LogP contribution in [0.3, 0.4) is 0 Å². The topological polar surface area (TPSA) is 49.4 Å². The van der Waals surface area contributed by atoms with Gasteiger partial charge in [0.25, 0.3) is 0 Å². The van der Waals surface area contributed by atoms with Crippen molar-refractivity contribution in [3.63, 3.8) is 0 Å². The third kappa shape index (κ3) is 3.65. The van der Waals surface area contributed by atoms with E-state index in [1.807, 2.05) is 0 Å². The van der Waals surface area contributed by atoms with Crippen molar-refractivity contribution in [2.45, 2.75) is 38.0 Å². The van der Waals surface area contributed by atoms with Crippen molar-refractivity contribution in [2.24, 2.45) is 5.92 Å². The predicted molar refractivity (Wildman–Crippen MR) is 76.1 cm³/mol. The zero-order chi connectivity index (χ0) is 16.6. The van der Waals surface area contributed by atoms with Crippen LogP contribution in [0.25, 0.3) is 0 Å². The second kappa shape index (κ2) is 5.86. The first-order chi connectivity index (χ1) is 10.8. The van der Waals surface area contributed by atoms with Crippen molar-refractivity contribution in [2.75, 3.05) is 6.54 Å². The summed E-state index contributed by atoms with van der Waals surface area (Å²) in [6.07, 6.45) is -2.56. The molecule has 3 rings (SSSR count). The Morgan fingerprint density at radius 2 is 1.96 bits per heavy atom. The minimum Gasteiger partial charge on any atom is -0.351 e. The smallest absolute Gasteiger partial charge is 0.351 e. The molecule has 1 atom stereocenters. The molecule has 0 bridgehead atoms. The van der Waals surface area contributed by atoms with Crippen LogP contribution < -0.4 is 5.32 Å². The van der Waals surface area contributed by atoms with Crippen molar-refractivity contribution in [3.8, 4) is 0 Å². The van der Waals surface area contributed by atoms with Gasteiger partial charge in [-0.15, -0.1) is 0 Å². The molecule has 0 radical (unpaired) electrons. The molecule has 124 valence electrons. The normalized spacial score (nSPS) is 21.6. The Morgan fingerprint density at radius 1 is 1.26 bits per heavy atom. The van der Waals surface area contributed by atoms with Crippen molar-refractivity contribution >= 4 is 11.8 Å². The molecule has 1 N–H and O–H groups in total. The molecule has 1 saturated heterocycles. The number of amides is 2. The lowest BCUT2D eigenvalue weighted by Gasteiger charge is -2.20. The standard InChI is InChI=1S/C16H17F3N2O2/c17-16(18,19)13-4-2-1-3-11(13)8-21-9-12(7-14(21)22)20-15(23)10-5-6-10/h1-4,10,12H,5-9H2,(H,20,23)/t12-/m0/s1. The van der Waals surface area contributed by atoms with Gasteiger partial charge in [0.2, 0.25) is 11.8 Å². The number of nitrogens with zero attached hydrogens (tertiary/aromatic N) is 1. The second-order valence-electron chi connectivity index (χ2n) is 6.11. The van der Waals surface area contributed by atoms with Gasteiger partial charge in [-0.3, -0.25) is 9.59 Å². The maximum absolute atomic E-state index is 13.0. The van der Waals surface area contributed by atoms with E-state index in [0.29, 0.717) is 0 Å². The molecule has 0 spiro atoms. The van der Waals surface area contributed by atoms with E-state index in [1.165, 1.54) is 23.1 Å². The summed E-state index contributed by atoms with van der Waals surface area (Å²) in [5, 5.41) is 2.81. The average Bonchev–Trinajstić information content (AvgIpc) is 3.25. The molecule has 1 heterocycles. The van der Waals surface area contributed by atoms with E-state index in [0.717, 1.165) is 18.9 Å². The maximum Gasteiger partial charge on any atom is 0.416 e. The Balaban J connectivity index is 1.66. The monoisotopic (exact) mass is 326 g/mol. The molecule has 2 fully saturated rings. The van der Waals surface area contributed by atoms with Gasteiger partial charge in [-0.1, -0.05) is 18.2 Å². The Labute approximate surface area is 131 Å². The number of hydrogen-bond donors (Lipinski definition) is 1. The predicted octanol–water partition coefficient (Wildman–Crippen LogP) is 2.33. The van der Waals surface area contributed by atoms with Gasteiger partial charge in [0.05, 0.1) is 11.6 Å². The number of carbonyl (C=O) groups is 2. The van der Waals surface area contributed by atoms with E-state index in [-0.39, 0.29) is 48.8 Å². The van der Waals surface area contributed by atoms with Crippen LogP contribution in [-0.4, -0.2) is 29.3 Å². The minimum atomic E-state index is -4.45. The molecule has 1 aromatic rings. The van der Waals surface area contributed by atoms with Gasteiger partial charge in [0.1, 0.15) is 0 Å². The zero-order valence-electron chi connectivity index (χ0n) is 12.4. The van der Waals surface area contributed by atoms with Crippen molar-refractivity contribution in [1.29, 1.82) is 0 Å². The summed E-state index contributed by atoms with van der Waals surface area (Å²) >= 11 is 0. The zero-order valence-corrected chi connectivity index (χ0v) is 12.4. The van der Waals surface area contributed by atoms with Crippen LogP contribution in [0.4, 0.5) is 13.2 Å². The number of hydrogen-bond acceptors (Lipinski definition) is 2. The molecule has 7 heteroatoms. The SMILES string of the molecule is O=C(N[C@H]1CC(=O)N(Cc2ccccc2C(F)(F)F)C1)C1CC1. The first-order valence-corrected chi connectivity index (χ1v) is 7.58. The molecular weight excluding hydrogens is 309 g/mol. The van der Waals surface area contributed by atoms with Gasteiger partial charge in [-0.05, 0) is 24.5 Å². The number of likely N-dealkylation sites (tertiary alicyclic amines) is 1. The first-order valence-electron chi connectivity index (χ1n) is 7.58. The lowest BCUT2D eigenvalue weighted by Crippen LogP contribution is -2.37. The van der Waals surface area contributed by atoms with Crippen LogP contribution in [0.15, 0.2) is 24.3 Å². The van der Waals surface area contributed by atoms with Crippen LogP contribution in [-0.2, 0) is 22.3 Å². The molecule has 2 aliphatic rings. The van der Waals surface area contributed by atoms with E-state index in [2.05, 4.69) is 5.32 Å². The lowest BCUT2D eigenvalue weighted by molar-refractivity contribution is -0.139. The summed E-state index contributed by atoms with van der Waals surface area (Å²) in [7, 11) is 0. The highest BCUT2D eigenvalue weighted by atomic mass is 19.4. The Hall–Kier alpha value is -2.05. The third-order valence-electron chi connectivity index (χ3n) is 4.19. The van der Waals surface area contributed by atoms with Gasteiger partial charge < -0.3 is 10.2 Å². The number of carbonyl (C=O) groups excluding carboxylic acids is 2. The molecule has 0 aromatic heterocycles. The van der Waals surface area contributed by atoms with Crippen LogP contribution in [0.2, 0.25) is 0 Å². The van der Waals surface area contributed by atoms with Gasteiger partial charge in [-0.25, -0.2) is 0 Å². The summed E-state index contributed by atoms with van der Waals surface area (Å²) in [6, 6.07) is 4.94. The maximum atomic E-state index is 13.0. The average molecular weight is 326 g/mol. The fourth-order valence-corrected chi connectivity index (χ4v) is 2.83.